The molecule has 3 aromatic rings. The summed E-state index contributed by atoms with van der Waals surface area (Å²) in [5.41, 5.74) is 4.27. The summed E-state index contributed by atoms with van der Waals surface area (Å²) in [5, 5.41) is 0.626. The van der Waals surface area contributed by atoms with E-state index in [1.165, 1.54) is 24.9 Å². The van der Waals surface area contributed by atoms with E-state index < -0.39 is 10.0 Å². The number of nitrogens with zero attached hydrogens (tertiary/aromatic N) is 1. The summed E-state index contributed by atoms with van der Waals surface area (Å²) >= 11 is 5.88. The minimum atomic E-state index is -3.58. The van der Waals surface area contributed by atoms with Gasteiger partial charge in [0.25, 0.3) is 0 Å². The van der Waals surface area contributed by atoms with E-state index in [1.807, 2.05) is 24.3 Å². The maximum absolute atomic E-state index is 12.6. The molecule has 168 valence electrons. The maximum Gasteiger partial charge on any atom is 0.240 e. The summed E-state index contributed by atoms with van der Waals surface area (Å²) in [7, 11) is -3.58. The molecule has 0 radical (unpaired) electrons. The second-order valence-corrected chi connectivity index (χ2v) is 10.7. The molecule has 0 saturated carbocycles. The monoisotopic (exact) mass is 468 g/mol. The number of sulfonamides is 1. The Kier molecular flexibility index (Phi) is 7.31. The number of rotatable bonds is 8. The van der Waals surface area contributed by atoms with Gasteiger partial charge in [0.05, 0.1) is 4.90 Å². The summed E-state index contributed by atoms with van der Waals surface area (Å²) in [4.78, 5) is 2.82. The Morgan fingerprint density at radius 1 is 0.906 bits per heavy atom. The number of likely N-dealkylation sites (tertiary alicyclic amines) is 1. The molecule has 32 heavy (non-hydrogen) atoms. The van der Waals surface area contributed by atoms with Crippen molar-refractivity contribution in [2.24, 2.45) is 0 Å². The molecule has 1 atom stereocenters. The van der Waals surface area contributed by atoms with Gasteiger partial charge in [-0.3, -0.25) is 0 Å². The predicted octanol–water partition coefficient (Wildman–Crippen LogP) is 5.51. The zero-order valence-electron chi connectivity index (χ0n) is 18.3. The smallest absolute Gasteiger partial charge is 0.240 e. The molecule has 0 amide bonds. The van der Waals surface area contributed by atoms with E-state index in [0.717, 1.165) is 29.7 Å². The number of halogens is 1. The van der Waals surface area contributed by atoms with Gasteiger partial charge in [-0.1, -0.05) is 60.1 Å². The largest absolute Gasteiger partial charge is 0.300 e. The normalized spacial score (nSPS) is 17.0. The van der Waals surface area contributed by atoms with Crippen LogP contribution in [0.5, 0.6) is 0 Å². The summed E-state index contributed by atoms with van der Waals surface area (Å²) in [5.74, 6) is 0. The van der Waals surface area contributed by atoms with Gasteiger partial charge < -0.3 is 4.90 Å². The first-order chi connectivity index (χ1) is 15.4. The highest BCUT2D eigenvalue weighted by Gasteiger charge is 2.19. The third-order valence-corrected chi connectivity index (χ3v) is 7.88. The second kappa shape index (κ2) is 10.2. The molecule has 3 aromatic carbocycles. The van der Waals surface area contributed by atoms with Gasteiger partial charge >= 0.3 is 0 Å². The standard InChI is InChI=1S/C26H29ClN2O2S/c1-20-3-2-17-29(20)18-16-21-4-8-23(9-5-21)24-10-14-26(15-11-24)32(30,31)28-19-22-6-12-25(27)13-7-22/h4-15,20,28H,2-3,16-19H2,1H3. The molecular formula is C26H29ClN2O2S. The van der Waals surface area contributed by atoms with Crippen LogP contribution < -0.4 is 4.72 Å². The van der Waals surface area contributed by atoms with Crippen LogP contribution in [-0.4, -0.2) is 32.4 Å². The average molecular weight is 469 g/mol. The van der Waals surface area contributed by atoms with E-state index in [0.29, 0.717) is 11.1 Å². The average Bonchev–Trinajstić information content (AvgIpc) is 3.22. The molecule has 4 rings (SSSR count). The van der Waals surface area contributed by atoms with Crippen LogP contribution in [0.2, 0.25) is 5.02 Å². The van der Waals surface area contributed by atoms with Crippen LogP contribution in [0.15, 0.2) is 77.7 Å². The Morgan fingerprint density at radius 3 is 2.09 bits per heavy atom. The quantitative estimate of drug-likeness (QED) is 0.474. The first-order valence-electron chi connectivity index (χ1n) is 11.1. The van der Waals surface area contributed by atoms with Gasteiger partial charge in [-0.25, -0.2) is 13.1 Å². The molecule has 1 aliphatic heterocycles. The second-order valence-electron chi connectivity index (χ2n) is 8.45. The minimum absolute atomic E-state index is 0.221. The fourth-order valence-electron chi connectivity index (χ4n) is 4.15. The van der Waals surface area contributed by atoms with Crippen molar-refractivity contribution in [3.05, 3.63) is 88.9 Å². The lowest BCUT2D eigenvalue weighted by Crippen LogP contribution is -2.28. The number of hydrogen-bond acceptors (Lipinski definition) is 3. The topological polar surface area (TPSA) is 49.4 Å². The van der Waals surface area contributed by atoms with Gasteiger partial charge in [-0.2, -0.15) is 0 Å². The van der Waals surface area contributed by atoms with Crippen LogP contribution in [0.1, 0.15) is 30.9 Å². The van der Waals surface area contributed by atoms with E-state index in [9.17, 15) is 8.42 Å². The van der Waals surface area contributed by atoms with Crippen molar-refractivity contribution >= 4 is 21.6 Å². The summed E-state index contributed by atoms with van der Waals surface area (Å²) in [6, 6.07) is 23.4. The Balaban J connectivity index is 1.36. The van der Waals surface area contributed by atoms with Crippen LogP contribution in [0, 0.1) is 0 Å². The molecule has 1 unspecified atom stereocenters. The van der Waals surface area contributed by atoms with E-state index in [-0.39, 0.29) is 11.4 Å². The summed E-state index contributed by atoms with van der Waals surface area (Å²) in [6.45, 7) is 4.85. The molecule has 4 nitrogen and oxygen atoms in total. The van der Waals surface area contributed by atoms with Crippen LogP contribution >= 0.6 is 11.6 Å². The Bertz CT molecular complexity index is 1130. The third kappa shape index (κ3) is 5.78. The van der Waals surface area contributed by atoms with Gasteiger partial charge in [0.1, 0.15) is 0 Å². The maximum atomic E-state index is 12.6. The van der Waals surface area contributed by atoms with Crippen LogP contribution in [0.25, 0.3) is 11.1 Å². The highest BCUT2D eigenvalue weighted by Crippen LogP contribution is 2.23. The SMILES string of the molecule is CC1CCCN1CCc1ccc(-c2ccc(S(=O)(=O)NCc3ccc(Cl)cc3)cc2)cc1. The highest BCUT2D eigenvalue weighted by atomic mass is 35.5. The highest BCUT2D eigenvalue weighted by molar-refractivity contribution is 7.89. The lowest BCUT2D eigenvalue weighted by atomic mass is 10.0. The van der Waals surface area contributed by atoms with Gasteiger partial charge in [-0.05, 0) is 79.3 Å². The first kappa shape index (κ1) is 23.0. The van der Waals surface area contributed by atoms with Crippen LogP contribution in [0.3, 0.4) is 0 Å². The molecule has 1 N–H and O–H groups in total. The number of nitrogens with one attached hydrogen (secondary N) is 1. The number of benzene rings is 3. The fourth-order valence-corrected chi connectivity index (χ4v) is 5.30. The summed E-state index contributed by atoms with van der Waals surface area (Å²) < 4.78 is 27.9. The van der Waals surface area contributed by atoms with Crippen molar-refractivity contribution < 1.29 is 8.42 Å². The van der Waals surface area contributed by atoms with Gasteiger partial charge in [0.15, 0.2) is 0 Å². The number of hydrogen-bond donors (Lipinski definition) is 1. The van der Waals surface area contributed by atoms with Crippen molar-refractivity contribution in [3.63, 3.8) is 0 Å². The molecule has 0 aromatic heterocycles. The van der Waals surface area contributed by atoms with Crippen LogP contribution in [-0.2, 0) is 23.0 Å². The van der Waals surface area contributed by atoms with Gasteiger partial charge in [-0.15, -0.1) is 0 Å². The molecule has 6 heteroatoms. The molecule has 0 spiro atoms. The Morgan fingerprint density at radius 2 is 1.50 bits per heavy atom. The molecule has 1 fully saturated rings. The Labute approximate surface area is 196 Å². The van der Waals surface area contributed by atoms with E-state index in [2.05, 4.69) is 40.8 Å². The lowest BCUT2D eigenvalue weighted by Gasteiger charge is -2.20. The third-order valence-electron chi connectivity index (χ3n) is 6.21. The van der Waals surface area contributed by atoms with Crippen molar-refractivity contribution in [1.29, 1.82) is 0 Å². The van der Waals surface area contributed by atoms with Crippen LogP contribution in [0.4, 0.5) is 0 Å². The van der Waals surface area contributed by atoms with Crippen molar-refractivity contribution in [2.45, 2.75) is 43.7 Å². The predicted molar refractivity (Wildman–Crippen MR) is 131 cm³/mol. The van der Waals surface area contributed by atoms with E-state index in [1.54, 1.807) is 24.3 Å². The van der Waals surface area contributed by atoms with Crippen molar-refractivity contribution in [1.82, 2.24) is 9.62 Å². The van der Waals surface area contributed by atoms with Gasteiger partial charge in [0.2, 0.25) is 10.0 Å². The fraction of sp³-hybridized carbons (Fsp3) is 0.308. The summed E-state index contributed by atoms with van der Waals surface area (Å²) in [6.07, 6.45) is 3.67. The first-order valence-corrected chi connectivity index (χ1v) is 12.9. The Hall–Kier alpha value is -2.18. The molecule has 1 heterocycles. The molecule has 1 aliphatic rings. The minimum Gasteiger partial charge on any atom is -0.300 e. The molecule has 0 aliphatic carbocycles. The zero-order valence-corrected chi connectivity index (χ0v) is 19.9. The van der Waals surface area contributed by atoms with E-state index >= 15 is 0 Å². The zero-order chi connectivity index (χ0) is 22.6. The van der Waals surface area contributed by atoms with Crippen molar-refractivity contribution in [3.8, 4) is 11.1 Å². The van der Waals surface area contributed by atoms with E-state index in [4.69, 9.17) is 11.6 Å². The molecule has 0 bridgehead atoms. The van der Waals surface area contributed by atoms with Crippen molar-refractivity contribution in [2.75, 3.05) is 13.1 Å². The molecule has 1 saturated heterocycles. The van der Waals surface area contributed by atoms with Gasteiger partial charge in [0, 0.05) is 24.2 Å². The molecular weight excluding hydrogens is 440 g/mol. The lowest BCUT2D eigenvalue weighted by molar-refractivity contribution is 0.272.